The average Bonchev–Trinajstić information content (AvgIpc) is 2.60. The molecule has 144 valence electrons. The Hall–Kier alpha value is -1.86. The van der Waals surface area contributed by atoms with Gasteiger partial charge in [0.1, 0.15) is 12.0 Å². The van der Waals surface area contributed by atoms with Gasteiger partial charge in [0.15, 0.2) is 0 Å². The number of allylic oxidation sites excluding steroid dienone is 5. The summed E-state index contributed by atoms with van der Waals surface area (Å²) in [5, 5.41) is 6.45. The number of nitrogens with one attached hydrogen (secondary N) is 2. The Morgan fingerprint density at radius 1 is 1.31 bits per heavy atom. The van der Waals surface area contributed by atoms with E-state index in [2.05, 4.69) is 15.5 Å². The Labute approximate surface area is 154 Å². The number of carbonyl (C=O) groups is 1. The van der Waals surface area contributed by atoms with Crippen molar-refractivity contribution in [3.05, 3.63) is 35.1 Å². The topological polar surface area (TPSA) is 56.8 Å². The highest BCUT2D eigenvalue weighted by atomic mass is 19.1. The lowest BCUT2D eigenvalue weighted by molar-refractivity contribution is -0.127. The maximum atomic E-state index is 14.5. The third kappa shape index (κ3) is 4.65. The molecule has 2 heterocycles. The van der Waals surface area contributed by atoms with Gasteiger partial charge in [0.25, 0.3) is 5.91 Å². The van der Waals surface area contributed by atoms with Crippen molar-refractivity contribution in [2.75, 3.05) is 39.4 Å². The number of morpholine rings is 1. The first-order valence-corrected chi connectivity index (χ1v) is 9.46. The van der Waals surface area contributed by atoms with Gasteiger partial charge < -0.3 is 15.4 Å². The predicted octanol–water partition coefficient (Wildman–Crippen LogP) is 1.84. The molecule has 2 aliphatic heterocycles. The number of carbonyl (C=O) groups excluding carboxylic acids is 1. The van der Waals surface area contributed by atoms with E-state index in [9.17, 15) is 9.18 Å². The molecular formula is C19H29FN4O2. The minimum absolute atomic E-state index is 0.0882. The molecule has 0 aromatic heterocycles. The van der Waals surface area contributed by atoms with Crippen molar-refractivity contribution < 1.29 is 13.9 Å². The number of hydrogen-bond acceptors (Lipinski definition) is 5. The predicted molar refractivity (Wildman–Crippen MR) is 98.5 cm³/mol. The van der Waals surface area contributed by atoms with Crippen LogP contribution >= 0.6 is 0 Å². The molecule has 1 amide bonds. The first kappa shape index (κ1) is 18.9. The van der Waals surface area contributed by atoms with Crippen molar-refractivity contribution in [1.29, 1.82) is 0 Å². The zero-order chi connectivity index (χ0) is 18.5. The van der Waals surface area contributed by atoms with Crippen LogP contribution in [0.3, 0.4) is 0 Å². The Bertz CT molecular complexity index is 623. The molecule has 2 N–H and O–H groups in total. The van der Waals surface area contributed by atoms with Crippen molar-refractivity contribution in [2.24, 2.45) is 0 Å². The van der Waals surface area contributed by atoms with Crippen molar-refractivity contribution >= 4 is 5.91 Å². The Morgan fingerprint density at radius 2 is 2.08 bits per heavy atom. The van der Waals surface area contributed by atoms with Crippen LogP contribution in [0.5, 0.6) is 0 Å². The summed E-state index contributed by atoms with van der Waals surface area (Å²) < 4.78 is 19.8. The van der Waals surface area contributed by atoms with Crippen LogP contribution in [0.15, 0.2) is 35.1 Å². The fraction of sp³-hybridized carbons (Fsp3) is 0.632. The summed E-state index contributed by atoms with van der Waals surface area (Å²) in [6.07, 6.45) is 5.12. The summed E-state index contributed by atoms with van der Waals surface area (Å²) in [4.78, 5) is 16.3. The van der Waals surface area contributed by atoms with E-state index >= 15 is 0 Å². The van der Waals surface area contributed by atoms with Crippen LogP contribution in [0.1, 0.15) is 33.1 Å². The highest BCUT2D eigenvalue weighted by Gasteiger charge is 2.28. The van der Waals surface area contributed by atoms with Crippen LogP contribution < -0.4 is 10.6 Å². The molecule has 0 saturated carbocycles. The lowest BCUT2D eigenvalue weighted by Gasteiger charge is -2.36. The second-order valence-corrected chi connectivity index (χ2v) is 7.05. The van der Waals surface area contributed by atoms with Gasteiger partial charge in [-0.3, -0.25) is 14.6 Å². The maximum Gasteiger partial charge on any atom is 0.254 e. The summed E-state index contributed by atoms with van der Waals surface area (Å²) in [7, 11) is 0. The second kappa shape index (κ2) is 8.68. The average molecular weight is 364 g/mol. The first-order chi connectivity index (χ1) is 12.5. The van der Waals surface area contributed by atoms with Gasteiger partial charge in [-0.2, -0.15) is 0 Å². The minimum Gasteiger partial charge on any atom is -0.386 e. The largest absolute Gasteiger partial charge is 0.386 e. The number of hydrogen-bond donors (Lipinski definition) is 2. The van der Waals surface area contributed by atoms with Gasteiger partial charge in [0.05, 0.1) is 13.2 Å². The highest BCUT2D eigenvalue weighted by Crippen LogP contribution is 2.28. The third-order valence-electron chi connectivity index (χ3n) is 5.02. The van der Waals surface area contributed by atoms with E-state index in [-0.39, 0.29) is 17.9 Å². The molecule has 7 heteroatoms. The monoisotopic (exact) mass is 364 g/mol. The normalized spacial score (nSPS) is 25.0. The van der Waals surface area contributed by atoms with Gasteiger partial charge in [0, 0.05) is 42.8 Å². The lowest BCUT2D eigenvalue weighted by atomic mass is 10.0. The molecule has 0 bridgehead atoms. The summed E-state index contributed by atoms with van der Waals surface area (Å²) in [6.45, 7) is 9.10. The van der Waals surface area contributed by atoms with E-state index in [1.165, 1.54) is 6.08 Å². The smallest absolute Gasteiger partial charge is 0.254 e. The molecule has 3 aliphatic rings. The number of rotatable bonds is 6. The Balaban J connectivity index is 1.52. The molecule has 6 nitrogen and oxygen atoms in total. The van der Waals surface area contributed by atoms with Crippen molar-refractivity contribution in [1.82, 2.24) is 20.4 Å². The zero-order valence-electron chi connectivity index (χ0n) is 15.7. The quantitative estimate of drug-likeness (QED) is 0.705. The number of nitrogens with zero attached hydrogens (tertiary/aromatic N) is 2. The van der Waals surface area contributed by atoms with Crippen LogP contribution in [0.25, 0.3) is 0 Å². The minimum atomic E-state index is -0.260. The van der Waals surface area contributed by atoms with Crippen molar-refractivity contribution in [2.45, 2.75) is 39.3 Å². The van der Waals surface area contributed by atoms with E-state index < -0.39 is 0 Å². The van der Waals surface area contributed by atoms with Gasteiger partial charge in [-0.1, -0.05) is 0 Å². The maximum absolute atomic E-state index is 14.5. The van der Waals surface area contributed by atoms with Crippen molar-refractivity contribution in [3.63, 3.8) is 0 Å². The van der Waals surface area contributed by atoms with Gasteiger partial charge >= 0.3 is 0 Å². The summed E-state index contributed by atoms with van der Waals surface area (Å²) in [5.41, 5.74) is 2.22. The fourth-order valence-electron chi connectivity index (χ4n) is 3.68. The van der Waals surface area contributed by atoms with E-state index in [4.69, 9.17) is 4.74 Å². The van der Waals surface area contributed by atoms with Crippen LogP contribution in [-0.2, 0) is 9.53 Å². The molecule has 1 unspecified atom stereocenters. The SMILES string of the molecule is CC1=CC(=O)N(C2=CC(F)=C(NCCCN3CCOCC3)CC2)C(C)N1. The Kier molecular flexibility index (Phi) is 6.32. The first-order valence-electron chi connectivity index (χ1n) is 9.46. The van der Waals surface area contributed by atoms with Gasteiger partial charge in [-0.05, 0) is 45.7 Å². The number of ether oxygens (including phenoxy) is 1. The summed E-state index contributed by atoms with van der Waals surface area (Å²) in [6, 6.07) is 0. The molecule has 1 aliphatic carbocycles. The van der Waals surface area contributed by atoms with E-state index in [0.29, 0.717) is 18.5 Å². The fourth-order valence-corrected chi connectivity index (χ4v) is 3.68. The van der Waals surface area contributed by atoms with E-state index in [1.54, 1.807) is 11.0 Å². The third-order valence-corrected chi connectivity index (χ3v) is 5.02. The molecule has 0 radical (unpaired) electrons. The van der Waals surface area contributed by atoms with Crippen LogP contribution in [0, 0.1) is 0 Å². The highest BCUT2D eigenvalue weighted by molar-refractivity contribution is 5.90. The van der Waals surface area contributed by atoms with Crippen molar-refractivity contribution in [3.8, 4) is 0 Å². The number of amides is 1. The molecule has 3 rings (SSSR count). The van der Waals surface area contributed by atoms with Crippen LogP contribution in [0.4, 0.5) is 4.39 Å². The lowest BCUT2D eigenvalue weighted by Crippen LogP contribution is -2.49. The van der Waals surface area contributed by atoms with Gasteiger partial charge in [-0.25, -0.2) is 4.39 Å². The van der Waals surface area contributed by atoms with Crippen LogP contribution in [0.2, 0.25) is 0 Å². The molecule has 1 fully saturated rings. The molecule has 1 atom stereocenters. The van der Waals surface area contributed by atoms with E-state index in [0.717, 1.165) is 57.2 Å². The standard InChI is InChI=1S/C19H29FN4O2/c1-14-12-19(25)24(15(2)22-14)16-4-5-18(17(20)13-16)21-6-3-7-23-8-10-26-11-9-23/h12-13,15,21-22H,3-11H2,1-2H3. The summed E-state index contributed by atoms with van der Waals surface area (Å²) >= 11 is 0. The van der Waals surface area contributed by atoms with E-state index in [1.807, 2.05) is 13.8 Å². The Morgan fingerprint density at radius 3 is 2.77 bits per heavy atom. The van der Waals surface area contributed by atoms with Gasteiger partial charge in [-0.15, -0.1) is 0 Å². The van der Waals surface area contributed by atoms with Crippen LogP contribution in [-0.4, -0.2) is 61.3 Å². The second-order valence-electron chi connectivity index (χ2n) is 7.05. The number of halogens is 1. The molecule has 0 aromatic rings. The molecule has 1 saturated heterocycles. The molecule has 0 aromatic carbocycles. The molecule has 0 spiro atoms. The molecular weight excluding hydrogens is 335 g/mol. The summed E-state index contributed by atoms with van der Waals surface area (Å²) in [5.74, 6) is -0.349. The molecule has 26 heavy (non-hydrogen) atoms. The zero-order valence-corrected chi connectivity index (χ0v) is 15.7. The van der Waals surface area contributed by atoms with Gasteiger partial charge in [0.2, 0.25) is 0 Å².